The van der Waals surface area contributed by atoms with Gasteiger partial charge in [-0.15, -0.1) is 11.8 Å². The van der Waals surface area contributed by atoms with Crippen LogP contribution in [0, 0.1) is 10.1 Å². The quantitative estimate of drug-likeness (QED) is 0.549. The van der Waals surface area contributed by atoms with E-state index in [0.29, 0.717) is 10.9 Å². The van der Waals surface area contributed by atoms with Crippen molar-refractivity contribution in [1.29, 1.82) is 0 Å². The molecule has 0 heterocycles. The SMILES string of the molecule is CC(SC1CCCc2ccccc21)C(=O)Nc1ccc([N+](=O)[O-])cc1Cl. The van der Waals surface area contributed by atoms with E-state index in [-0.39, 0.29) is 21.9 Å². The van der Waals surface area contributed by atoms with Crippen molar-refractivity contribution in [3.05, 3.63) is 68.7 Å². The van der Waals surface area contributed by atoms with Gasteiger partial charge >= 0.3 is 0 Å². The van der Waals surface area contributed by atoms with Crippen LogP contribution in [0.15, 0.2) is 42.5 Å². The number of nitro benzene ring substituents is 1. The van der Waals surface area contributed by atoms with Crippen LogP contribution in [0.3, 0.4) is 0 Å². The predicted octanol–water partition coefficient (Wildman–Crippen LogP) is 5.39. The Morgan fingerprint density at radius 1 is 1.35 bits per heavy atom. The number of nitrogens with one attached hydrogen (secondary N) is 1. The van der Waals surface area contributed by atoms with Gasteiger partial charge in [0.1, 0.15) is 0 Å². The number of non-ortho nitro benzene ring substituents is 1. The van der Waals surface area contributed by atoms with E-state index in [0.717, 1.165) is 19.3 Å². The van der Waals surface area contributed by atoms with Crippen LogP contribution in [0.2, 0.25) is 5.02 Å². The molecule has 0 radical (unpaired) electrons. The second-order valence-corrected chi connectivity index (χ2v) is 8.22. The number of benzene rings is 2. The van der Waals surface area contributed by atoms with Crippen molar-refractivity contribution in [3.8, 4) is 0 Å². The van der Waals surface area contributed by atoms with Crippen molar-refractivity contribution in [2.24, 2.45) is 0 Å². The highest BCUT2D eigenvalue weighted by Gasteiger charge is 2.25. The van der Waals surface area contributed by atoms with E-state index in [1.54, 1.807) is 11.8 Å². The van der Waals surface area contributed by atoms with E-state index in [4.69, 9.17) is 11.6 Å². The van der Waals surface area contributed by atoms with E-state index < -0.39 is 4.92 Å². The molecular weight excluding hydrogens is 372 g/mol. The van der Waals surface area contributed by atoms with Gasteiger partial charge in [-0.05, 0) is 43.4 Å². The summed E-state index contributed by atoms with van der Waals surface area (Å²) in [6.45, 7) is 1.87. The summed E-state index contributed by atoms with van der Waals surface area (Å²) < 4.78 is 0. The Hall–Kier alpha value is -2.05. The van der Waals surface area contributed by atoms with Crippen LogP contribution in [-0.4, -0.2) is 16.1 Å². The Labute approximate surface area is 161 Å². The summed E-state index contributed by atoms with van der Waals surface area (Å²) in [4.78, 5) is 22.8. The molecule has 2 aromatic rings. The molecule has 0 spiro atoms. The van der Waals surface area contributed by atoms with Crippen LogP contribution in [0.5, 0.6) is 0 Å². The lowest BCUT2D eigenvalue weighted by atomic mass is 9.91. The third kappa shape index (κ3) is 4.19. The van der Waals surface area contributed by atoms with Gasteiger partial charge in [0.15, 0.2) is 0 Å². The fourth-order valence-corrected chi connectivity index (χ4v) is 4.69. The molecule has 0 bridgehead atoms. The Morgan fingerprint density at radius 3 is 2.85 bits per heavy atom. The summed E-state index contributed by atoms with van der Waals surface area (Å²) >= 11 is 7.70. The molecule has 2 unspecified atom stereocenters. The number of thioether (sulfide) groups is 1. The van der Waals surface area contributed by atoms with Crippen molar-refractivity contribution in [3.63, 3.8) is 0 Å². The number of nitro groups is 1. The van der Waals surface area contributed by atoms with Gasteiger partial charge in [-0.2, -0.15) is 0 Å². The largest absolute Gasteiger partial charge is 0.324 e. The molecule has 0 saturated heterocycles. The van der Waals surface area contributed by atoms with Gasteiger partial charge in [0.2, 0.25) is 5.91 Å². The number of hydrogen-bond acceptors (Lipinski definition) is 4. The highest BCUT2D eigenvalue weighted by Crippen LogP contribution is 2.41. The van der Waals surface area contributed by atoms with Crippen LogP contribution >= 0.6 is 23.4 Å². The van der Waals surface area contributed by atoms with Gasteiger partial charge in [-0.25, -0.2) is 0 Å². The third-order valence-corrected chi connectivity index (χ3v) is 6.23. The average molecular weight is 391 g/mol. The van der Waals surface area contributed by atoms with E-state index >= 15 is 0 Å². The number of halogens is 1. The molecule has 2 atom stereocenters. The Bertz CT molecular complexity index is 843. The maximum atomic E-state index is 12.5. The maximum absolute atomic E-state index is 12.5. The molecule has 0 aliphatic heterocycles. The molecule has 3 rings (SSSR count). The Morgan fingerprint density at radius 2 is 2.12 bits per heavy atom. The minimum absolute atomic E-state index is 0.103. The van der Waals surface area contributed by atoms with Crippen LogP contribution in [0.25, 0.3) is 0 Å². The van der Waals surface area contributed by atoms with E-state index in [1.807, 2.05) is 13.0 Å². The fourth-order valence-electron chi connectivity index (χ4n) is 3.11. The second-order valence-electron chi connectivity index (χ2n) is 6.27. The number of aryl methyl sites for hydroxylation is 1. The topological polar surface area (TPSA) is 72.2 Å². The number of amides is 1. The van der Waals surface area contributed by atoms with Crippen LogP contribution in [-0.2, 0) is 11.2 Å². The van der Waals surface area contributed by atoms with Crippen molar-refractivity contribution in [1.82, 2.24) is 0 Å². The predicted molar refractivity (Wildman–Crippen MR) is 106 cm³/mol. The monoisotopic (exact) mass is 390 g/mol. The van der Waals surface area contributed by atoms with Crippen molar-refractivity contribution < 1.29 is 9.72 Å². The molecule has 1 aliphatic rings. The summed E-state index contributed by atoms with van der Waals surface area (Å²) in [6, 6.07) is 12.4. The molecular formula is C19H19ClN2O3S. The zero-order valence-electron chi connectivity index (χ0n) is 14.3. The molecule has 2 aromatic carbocycles. The van der Waals surface area contributed by atoms with Gasteiger partial charge in [0, 0.05) is 17.4 Å². The standard InChI is InChI=1S/C19H19ClN2O3S/c1-12(26-18-8-4-6-13-5-2-3-7-15(13)18)19(23)21-17-10-9-14(22(24)25)11-16(17)20/h2-3,5,7,9-12,18H,4,6,8H2,1H3,(H,21,23). The normalized spacial score (nSPS) is 17.2. The number of nitrogens with zero attached hydrogens (tertiary/aromatic N) is 1. The molecule has 1 N–H and O–H groups in total. The molecule has 26 heavy (non-hydrogen) atoms. The summed E-state index contributed by atoms with van der Waals surface area (Å²) in [7, 11) is 0. The summed E-state index contributed by atoms with van der Waals surface area (Å²) in [6.07, 6.45) is 3.26. The molecule has 0 fully saturated rings. The van der Waals surface area contributed by atoms with E-state index in [1.165, 1.54) is 29.3 Å². The van der Waals surface area contributed by atoms with Gasteiger partial charge in [0.25, 0.3) is 5.69 Å². The number of rotatable bonds is 5. The first-order valence-corrected chi connectivity index (χ1v) is 9.76. The smallest absolute Gasteiger partial charge is 0.271 e. The lowest BCUT2D eigenvalue weighted by Gasteiger charge is -2.27. The first kappa shape index (κ1) is 18.7. The van der Waals surface area contributed by atoms with Gasteiger partial charge in [0.05, 0.1) is 20.9 Å². The minimum Gasteiger partial charge on any atom is -0.324 e. The molecule has 7 heteroatoms. The summed E-state index contributed by atoms with van der Waals surface area (Å²) in [5.41, 5.74) is 2.96. The molecule has 5 nitrogen and oxygen atoms in total. The average Bonchev–Trinajstić information content (AvgIpc) is 2.63. The first-order valence-electron chi connectivity index (χ1n) is 8.44. The number of anilines is 1. The van der Waals surface area contributed by atoms with Gasteiger partial charge in [-0.1, -0.05) is 35.9 Å². The minimum atomic E-state index is -0.517. The molecule has 1 amide bonds. The molecule has 0 saturated carbocycles. The van der Waals surface area contributed by atoms with Crippen LogP contribution in [0.1, 0.15) is 36.1 Å². The second kappa shape index (κ2) is 8.10. The van der Waals surface area contributed by atoms with E-state index in [9.17, 15) is 14.9 Å². The molecule has 0 aromatic heterocycles. The van der Waals surface area contributed by atoms with Crippen LogP contribution in [0.4, 0.5) is 11.4 Å². The Balaban J connectivity index is 1.67. The first-order chi connectivity index (χ1) is 12.5. The maximum Gasteiger partial charge on any atom is 0.271 e. The third-order valence-electron chi connectivity index (χ3n) is 4.47. The fraction of sp³-hybridized carbons (Fsp3) is 0.316. The summed E-state index contributed by atoms with van der Waals surface area (Å²) in [5, 5.41) is 13.7. The van der Waals surface area contributed by atoms with Crippen molar-refractivity contribution in [2.75, 3.05) is 5.32 Å². The van der Waals surface area contributed by atoms with E-state index in [2.05, 4.69) is 23.5 Å². The van der Waals surface area contributed by atoms with Gasteiger partial charge in [-0.3, -0.25) is 14.9 Å². The van der Waals surface area contributed by atoms with Crippen molar-refractivity contribution >= 4 is 40.6 Å². The Kier molecular flexibility index (Phi) is 5.84. The highest BCUT2D eigenvalue weighted by molar-refractivity contribution is 8.00. The van der Waals surface area contributed by atoms with Gasteiger partial charge < -0.3 is 5.32 Å². The molecule has 136 valence electrons. The van der Waals surface area contributed by atoms with Crippen molar-refractivity contribution in [2.45, 2.75) is 36.7 Å². The van der Waals surface area contributed by atoms with Crippen LogP contribution < -0.4 is 5.32 Å². The zero-order valence-corrected chi connectivity index (χ0v) is 15.8. The number of fused-ring (bicyclic) bond motifs is 1. The highest BCUT2D eigenvalue weighted by atomic mass is 35.5. The summed E-state index contributed by atoms with van der Waals surface area (Å²) in [5.74, 6) is -0.159. The number of carbonyl (C=O) groups excluding carboxylic acids is 1. The number of carbonyl (C=O) groups is 1. The lowest BCUT2D eigenvalue weighted by Crippen LogP contribution is -2.24. The molecule has 1 aliphatic carbocycles. The number of hydrogen-bond donors (Lipinski definition) is 1. The zero-order chi connectivity index (χ0) is 18.7. The lowest BCUT2D eigenvalue weighted by molar-refractivity contribution is -0.384.